The van der Waals surface area contributed by atoms with Crippen LogP contribution in [0.3, 0.4) is 0 Å². The van der Waals surface area contributed by atoms with Gasteiger partial charge in [-0.05, 0) is 17.9 Å². The van der Waals surface area contributed by atoms with Crippen LogP contribution in [0.4, 0.5) is 0 Å². The van der Waals surface area contributed by atoms with Crippen LogP contribution in [-0.2, 0) is 12.5 Å². The minimum Gasteiger partial charge on any atom is -0.395 e. The largest absolute Gasteiger partial charge is 0.395 e. The molecule has 1 N–H and O–H groups in total. The SMILES string of the molecule is Cn1nccc1C1(CO)CC1(C)C. The van der Waals surface area contributed by atoms with Gasteiger partial charge in [0.1, 0.15) is 0 Å². The summed E-state index contributed by atoms with van der Waals surface area (Å²) in [4.78, 5) is 0. The Morgan fingerprint density at radius 2 is 2.23 bits per heavy atom. The number of aromatic nitrogens is 2. The zero-order valence-corrected chi connectivity index (χ0v) is 8.41. The van der Waals surface area contributed by atoms with Crippen molar-refractivity contribution in [2.24, 2.45) is 12.5 Å². The topological polar surface area (TPSA) is 38.0 Å². The number of nitrogens with zero attached hydrogens (tertiary/aromatic N) is 2. The molecule has 0 amide bonds. The van der Waals surface area contributed by atoms with E-state index >= 15 is 0 Å². The van der Waals surface area contributed by atoms with Gasteiger partial charge in [-0.25, -0.2) is 0 Å². The number of hydrogen-bond donors (Lipinski definition) is 1. The van der Waals surface area contributed by atoms with Gasteiger partial charge in [0, 0.05) is 24.4 Å². The Bertz CT molecular complexity index is 329. The Kier molecular flexibility index (Phi) is 1.58. The number of rotatable bonds is 2. The van der Waals surface area contributed by atoms with Gasteiger partial charge in [-0.3, -0.25) is 4.68 Å². The molecular formula is C10H16N2O. The zero-order valence-electron chi connectivity index (χ0n) is 8.41. The zero-order chi connectivity index (χ0) is 9.69. The molecule has 3 nitrogen and oxygen atoms in total. The van der Waals surface area contributed by atoms with Crippen molar-refractivity contribution in [1.82, 2.24) is 9.78 Å². The Morgan fingerprint density at radius 3 is 2.54 bits per heavy atom. The predicted octanol–water partition coefficient (Wildman–Crippen LogP) is 1.08. The molecule has 1 aromatic heterocycles. The smallest absolute Gasteiger partial charge is 0.0548 e. The molecule has 1 aliphatic rings. The normalized spacial score (nSPS) is 30.5. The highest BCUT2D eigenvalue weighted by Gasteiger charge is 2.63. The summed E-state index contributed by atoms with van der Waals surface area (Å²) in [6, 6.07) is 2.00. The Labute approximate surface area is 78.4 Å². The summed E-state index contributed by atoms with van der Waals surface area (Å²) in [6.07, 6.45) is 2.84. The Hall–Kier alpha value is -0.830. The summed E-state index contributed by atoms with van der Waals surface area (Å²) in [5.74, 6) is 0. The van der Waals surface area contributed by atoms with Crippen LogP contribution < -0.4 is 0 Å². The Balaban J connectivity index is 2.41. The third-order valence-electron chi connectivity index (χ3n) is 3.50. The van der Waals surface area contributed by atoms with Crippen molar-refractivity contribution >= 4 is 0 Å². The summed E-state index contributed by atoms with van der Waals surface area (Å²) >= 11 is 0. The minimum atomic E-state index is -0.0434. The molecule has 1 saturated carbocycles. The highest BCUT2D eigenvalue weighted by molar-refractivity contribution is 5.31. The summed E-state index contributed by atoms with van der Waals surface area (Å²) in [7, 11) is 1.93. The molecule has 1 heterocycles. The van der Waals surface area contributed by atoms with E-state index in [2.05, 4.69) is 18.9 Å². The van der Waals surface area contributed by atoms with E-state index in [0.717, 1.165) is 12.1 Å². The van der Waals surface area contributed by atoms with Gasteiger partial charge < -0.3 is 5.11 Å². The van der Waals surface area contributed by atoms with Crippen molar-refractivity contribution < 1.29 is 5.11 Å². The first-order valence-corrected chi connectivity index (χ1v) is 4.63. The fourth-order valence-corrected chi connectivity index (χ4v) is 2.34. The van der Waals surface area contributed by atoms with Gasteiger partial charge in [-0.2, -0.15) is 5.10 Å². The molecule has 0 bridgehead atoms. The van der Waals surface area contributed by atoms with Crippen molar-refractivity contribution in [1.29, 1.82) is 0 Å². The van der Waals surface area contributed by atoms with E-state index in [9.17, 15) is 5.11 Å². The Morgan fingerprint density at radius 1 is 1.62 bits per heavy atom. The number of aryl methyl sites for hydroxylation is 1. The summed E-state index contributed by atoms with van der Waals surface area (Å²) in [6.45, 7) is 4.60. The van der Waals surface area contributed by atoms with E-state index in [4.69, 9.17) is 0 Å². The molecule has 72 valence electrons. The molecule has 0 aliphatic heterocycles. The van der Waals surface area contributed by atoms with Crippen LogP contribution in [0.15, 0.2) is 12.3 Å². The highest BCUT2D eigenvalue weighted by Crippen LogP contribution is 2.63. The molecule has 13 heavy (non-hydrogen) atoms. The second-order valence-corrected chi connectivity index (χ2v) is 4.64. The van der Waals surface area contributed by atoms with Crippen molar-refractivity contribution in [3.05, 3.63) is 18.0 Å². The first-order valence-electron chi connectivity index (χ1n) is 4.63. The second-order valence-electron chi connectivity index (χ2n) is 4.64. The molecule has 1 fully saturated rings. The van der Waals surface area contributed by atoms with Gasteiger partial charge >= 0.3 is 0 Å². The number of hydrogen-bond acceptors (Lipinski definition) is 2. The molecule has 2 rings (SSSR count). The first kappa shape index (κ1) is 8.75. The van der Waals surface area contributed by atoms with Crippen LogP contribution in [0.5, 0.6) is 0 Å². The summed E-state index contributed by atoms with van der Waals surface area (Å²) in [5.41, 5.74) is 1.33. The molecule has 1 aliphatic carbocycles. The van der Waals surface area contributed by atoms with E-state index in [0.29, 0.717) is 0 Å². The monoisotopic (exact) mass is 180 g/mol. The molecule has 0 spiro atoms. The van der Waals surface area contributed by atoms with Gasteiger partial charge in [0.2, 0.25) is 0 Å². The van der Waals surface area contributed by atoms with Crippen molar-refractivity contribution in [2.45, 2.75) is 25.7 Å². The molecule has 1 atom stereocenters. The van der Waals surface area contributed by atoms with Gasteiger partial charge in [0.05, 0.1) is 6.61 Å². The average Bonchev–Trinajstić information content (AvgIpc) is 2.43. The van der Waals surface area contributed by atoms with Crippen LogP contribution in [0.25, 0.3) is 0 Å². The minimum absolute atomic E-state index is 0.0434. The van der Waals surface area contributed by atoms with Crippen molar-refractivity contribution in [3.63, 3.8) is 0 Å². The van der Waals surface area contributed by atoms with Crippen LogP contribution in [0, 0.1) is 5.41 Å². The highest BCUT2D eigenvalue weighted by atomic mass is 16.3. The average molecular weight is 180 g/mol. The standard InChI is InChI=1S/C10H16N2O/c1-9(2)6-10(9,7-13)8-4-5-11-12(8)3/h4-5,13H,6-7H2,1-3H3. The van der Waals surface area contributed by atoms with Crippen LogP contribution >= 0.6 is 0 Å². The van der Waals surface area contributed by atoms with E-state index in [1.165, 1.54) is 0 Å². The molecule has 1 unspecified atom stereocenters. The molecule has 0 radical (unpaired) electrons. The maximum absolute atomic E-state index is 9.45. The van der Waals surface area contributed by atoms with E-state index in [-0.39, 0.29) is 17.4 Å². The van der Waals surface area contributed by atoms with Gasteiger partial charge in [0.15, 0.2) is 0 Å². The lowest BCUT2D eigenvalue weighted by Crippen LogP contribution is -2.22. The van der Waals surface area contributed by atoms with E-state index < -0.39 is 0 Å². The van der Waals surface area contributed by atoms with Crippen LogP contribution in [0.2, 0.25) is 0 Å². The molecule has 0 aromatic carbocycles. The molecule has 1 aromatic rings. The van der Waals surface area contributed by atoms with Crippen molar-refractivity contribution in [3.8, 4) is 0 Å². The predicted molar refractivity (Wildman–Crippen MR) is 50.4 cm³/mol. The van der Waals surface area contributed by atoms with Gasteiger partial charge in [-0.15, -0.1) is 0 Å². The number of aliphatic hydroxyl groups is 1. The lowest BCUT2D eigenvalue weighted by molar-refractivity contribution is 0.225. The fourth-order valence-electron chi connectivity index (χ4n) is 2.34. The van der Waals surface area contributed by atoms with Gasteiger partial charge in [-0.1, -0.05) is 13.8 Å². The second kappa shape index (κ2) is 2.35. The van der Waals surface area contributed by atoms with Crippen LogP contribution in [-0.4, -0.2) is 21.5 Å². The molecule has 0 saturated heterocycles. The number of aliphatic hydroxyl groups excluding tert-OH is 1. The lowest BCUT2D eigenvalue weighted by Gasteiger charge is -2.17. The molecular weight excluding hydrogens is 164 g/mol. The van der Waals surface area contributed by atoms with E-state index in [1.807, 2.05) is 17.8 Å². The first-order chi connectivity index (χ1) is 6.03. The maximum atomic E-state index is 9.45. The van der Waals surface area contributed by atoms with E-state index in [1.54, 1.807) is 6.20 Å². The lowest BCUT2D eigenvalue weighted by atomic mass is 9.93. The fraction of sp³-hybridized carbons (Fsp3) is 0.700. The molecule has 3 heteroatoms. The third kappa shape index (κ3) is 0.967. The third-order valence-corrected chi connectivity index (χ3v) is 3.50. The quantitative estimate of drug-likeness (QED) is 0.739. The summed E-state index contributed by atoms with van der Waals surface area (Å²) < 4.78 is 1.87. The summed E-state index contributed by atoms with van der Waals surface area (Å²) in [5, 5.41) is 13.6. The van der Waals surface area contributed by atoms with Crippen molar-refractivity contribution in [2.75, 3.05) is 6.61 Å². The van der Waals surface area contributed by atoms with Crippen LogP contribution in [0.1, 0.15) is 26.0 Å². The van der Waals surface area contributed by atoms with Gasteiger partial charge in [0.25, 0.3) is 0 Å². The maximum Gasteiger partial charge on any atom is 0.0548 e.